The predicted octanol–water partition coefficient (Wildman–Crippen LogP) is 13.6. The molecule has 12 aromatic rings. The molecule has 0 atom stereocenters. The van der Waals surface area contributed by atoms with Crippen molar-refractivity contribution in [2.45, 2.75) is 0 Å². The van der Waals surface area contributed by atoms with Gasteiger partial charge in [0.15, 0.2) is 5.82 Å². The monoisotopic (exact) mass is 728 g/mol. The Balaban J connectivity index is 1.18. The van der Waals surface area contributed by atoms with Crippen LogP contribution in [0.25, 0.3) is 111 Å². The van der Waals surface area contributed by atoms with Gasteiger partial charge in [0, 0.05) is 60.4 Å². The van der Waals surface area contributed by atoms with Gasteiger partial charge >= 0.3 is 0 Å². The Morgan fingerprint density at radius 3 is 1.74 bits per heavy atom. The van der Waals surface area contributed by atoms with Crippen LogP contribution < -0.4 is 0 Å². The molecule has 57 heavy (non-hydrogen) atoms. The zero-order valence-corrected chi connectivity index (χ0v) is 30.7. The average Bonchev–Trinajstić information content (AvgIpc) is 3.93. The van der Waals surface area contributed by atoms with E-state index in [9.17, 15) is 0 Å². The maximum atomic E-state index is 6.49. The fraction of sp³-hybridized carbons (Fsp3) is 0. The van der Waals surface area contributed by atoms with Crippen molar-refractivity contribution in [1.29, 1.82) is 0 Å². The van der Waals surface area contributed by atoms with Gasteiger partial charge in [-0.2, -0.15) is 0 Å². The molecule has 4 aromatic heterocycles. The minimum Gasteiger partial charge on any atom is -0.456 e. The fourth-order valence-corrected chi connectivity index (χ4v) is 8.77. The minimum atomic E-state index is 0.673. The molecule has 0 radical (unpaired) electrons. The molecule has 266 valence electrons. The molecule has 0 fully saturated rings. The van der Waals surface area contributed by atoms with Gasteiger partial charge in [-0.15, -0.1) is 0 Å². The van der Waals surface area contributed by atoms with E-state index in [2.05, 4.69) is 179 Å². The first-order valence-electron chi connectivity index (χ1n) is 19.2. The Kier molecular flexibility index (Phi) is 6.86. The number of fused-ring (bicyclic) bond motifs is 10. The van der Waals surface area contributed by atoms with Gasteiger partial charge < -0.3 is 13.6 Å². The van der Waals surface area contributed by atoms with Crippen molar-refractivity contribution in [3.05, 3.63) is 194 Å². The Hall–Kier alpha value is -7.76. The van der Waals surface area contributed by atoms with E-state index in [1.54, 1.807) is 0 Å². The van der Waals surface area contributed by atoms with Crippen LogP contribution in [0.15, 0.2) is 199 Å². The first kappa shape index (κ1) is 31.6. The molecule has 0 saturated heterocycles. The van der Waals surface area contributed by atoms with Crippen LogP contribution in [-0.2, 0) is 0 Å². The third-order valence-electron chi connectivity index (χ3n) is 11.3. The normalized spacial score (nSPS) is 11.9. The topological polar surface area (TPSA) is 48.8 Å². The van der Waals surface area contributed by atoms with E-state index >= 15 is 0 Å². The molecule has 0 bridgehead atoms. The fourth-order valence-electron chi connectivity index (χ4n) is 8.77. The molecular weight excluding hydrogens is 697 g/mol. The van der Waals surface area contributed by atoms with Crippen molar-refractivity contribution in [2.24, 2.45) is 0 Å². The smallest absolute Gasteiger partial charge is 0.160 e. The Bertz CT molecular complexity index is 3450. The molecule has 0 amide bonds. The molecule has 0 aliphatic heterocycles. The second kappa shape index (κ2) is 12.4. The first-order valence-corrected chi connectivity index (χ1v) is 19.2. The van der Waals surface area contributed by atoms with Crippen LogP contribution in [0.1, 0.15) is 0 Å². The van der Waals surface area contributed by atoms with Crippen LogP contribution in [0.4, 0.5) is 0 Å². The molecule has 0 unspecified atom stereocenters. The highest BCUT2D eigenvalue weighted by Crippen LogP contribution is 2.44. The number of aromatic nitrogens is 4. The van der Waals surface area contributed by atoms with Gasteiger partial charge in [-0.05, 0) is 60.7 Å². The zero-order valence-electron chi connectivity index (χ0n) is 30.7. The van der Waals surface area contributed by atoms with E-state index in [-0.39, 0.29) is 0 Å². The Labute approximate surface area is 327 Å². The zero-order chi connectivity index (χ0) is 37.5. The second-order valence-corrected chi connectivity index (χ2v) is 14.6. The molecule has 0 aliphatic rings. The van der Waals surface area contributed by atoms with E-state index in [1.165, 1.54) is 10.8 Å². The van der Waals surface area contributed by atoms with Crippen LogP contribution in [-0.4, -0.2) is 19.1 Å². The van der Waals surface area contributed by atoms with Gasteiger partial charge in [0.2, 0.25) is 0 Å². The molecule has 5 nitrogen and oxygen atoms in total. The summed E-state index contributed by atoms with van der Waals surface area (Å²) in [6.07, 6.45) is 0. The number of hydrogen-bond acceptors (Lipinski definition) is 3. The van der Waals surface area contributed by atoms with Crippen molar-refractivity contribution in [3.8, 4) is 45.3 Å². The maximum Gasteiger partial charge on any atom is 0.160 e. The molecule has 5 heteroatoms. The summed E-state index contributed by atoms with van der Waals surface area (Å²) in [5.41, 5.74) is 13.3. The quantitative estimate of drug-likeness (QED) is 0.177. The molecule has 12 rings (SSSR count). The van der Waals surface area contributed by atoms with E-state index in [0.29, 0.717) is 5.82 Å². The third kappa shape index (κ3) is 4.89. The number of para-hydroxylation sites is 3. The van der Waals surface area contributed by atoms with Crippen LogP contribution in [0.2, 0.25) is 0 Å². The van der Waals surface area contributed by atoms with Gasteiger partial charge in [0.25, 0.3) is 0 Å². The van der Waals surface area contributed by atoms with Gasteiger partial charge in [-0.25, -0.2) is 9.97 Å². The average molecular weight is 729 g/mol. The maximum absolute atomic E-state index is 6.49. The lowest BCUT2D eigenvalue weighted by Gasteiger charge is -2.13. The molecular formula is C52H32N4O. The van der Waals surface area contributed by atoms with Gasteiger partial charge in [-0.1, -0.05) is 133 Å². The molecule has 8 aromatic carbocycles. The lowest BCUT2D eigenvalue weighted by Crippen LogP contribution is -1.98. The van der Waals surface area contributed by atoms with Crippen molar-refractivity contribution in [2.75, 3.05) is 0 Å². The van der Waals surface area contributed by atoms with E-state index < -0.39 is 0 Å². The number of furan rings is 1. The SMILES string of the molecule is c1ccc(-c2cc(-c3ccccc3)nc(-c3cccc(-n4c5cc6c(cc5c5ccc7c(c8ccccc8n7-c7ccccc7)c54)oc4ccccc46)c3)n2)cc1. The highest BCUT2D eigenvalue weighted by atomic mass is 16.3. The summed E-state index contributed by atoms with van der Waals surface area (Å²) in [5.74, 6) is 0.673. The second-order valence-electron chi connectivity index (χ2n) is 14.6. The molecule has 0 aliphatic carbocycles. The summed E-state index contributed by atoms with van der Waals surface area (Å²) >= 11 is 0. The number of benzene rings is 8. The summed E-state index contributed by atoms with van der Waals surface area (Å²) in [6.45, 7) is 0. The van der Waals surface area contributed by atoms with Crippen molar-refractivity contribution >= 4 is 65.6 Å². The van der Waals surface area contributed by atoms with Gasteiger partial charge in [-0.3, -0.25) is 0 Å². The van der Waals surface area contributed by atoms with E-state index in [1.807, 2.05) is 24.3 Å². The highest BCUT2D eigenvalue weighted by Gasteiger charge is 2.23. The molecule has 0 N–H and O–H groups in total. The molecule has 0 saturated carbocycles. The lowest BCUT2D eigenvalue weighted by atomic mass is 10.1. The minimum absolute atomic E-state index is 0.673. The van der Waals surface area contributed by atoms with Crippen molar-refractivity contribution in [3.63, 3.8) is 0 Å². The predicted molar refractivity (Wildman–Crippen MR) is 234 cm³/mol. The van der Waals surface area contributed by atoms with E-state index in [4.69, 9.17) is 14.4 Å². The summed E-state index contributed by atoms with van der Waals surface area (Å²) in [6, 6.07) is 68.3. The van der Waals surface area contributed by atoms with E-state index in [0.717, 1.165) is 94.2 Å². The van der Waals surface area contributed by atoms with Crippen LogP contribution in [0, 0.1) is 0 Å². The Morgan fingerprint density at radius 2 is 0.982 bits per heavy atom. The summed E-state index contributed by atoms with van der Waals surface area (Å²) in [4.78, 5) is 10.4. The van der Waals surface area contributed by atoms with Crippen molar-refractivity contribution < 1.29 is 4.42 Å². The lowest BCUT2D eigenvalue weighted by molar-refractivity contribution is 0.669. The number of nitrogens with zero attached hydrogens (tertiary/aromatic N) is 4. The van der Waals surface area contributed by atoms with Crippen molar-refractivity contribution in [1.82, 2.24) is 19.1 Å². The third-order valence-corrected chi connectivity index (χ3v) is 11.3. The number of hydrogen-bond donors (Lipinski definition) is 0. The summed E-state index contributed by atoms with van der Waals surface area (Å²) in [7, 11) is 0. The largest absolute Gasteiger partial charge is 0.456 e. The standard InChI is InChI=1S/C52H32N4O/c1-4-15-33(16-5-1)43-32-44(34-17-6-2-7-18-34)54-52(53-43)35-19-14-22-37(29-35)56-47-30-42-38-23-11-13-26-48(38)57-49(42)31-41(47)39-27-28-46-50(51(39)56)40-24-10-12-25-45(40)55(46)36-20-8-3-9-21-36/h1-32H. The summed E-state index contributed by atoms with van der Waals surface area (Å²) < 4.78 is 11.3. The van der Waals surface area contributed by atoms with Gasteiger partial charge in [0.05, 0.1) is 33.5 Å². The summed E-state index contributed by atoms with van der Waals surface area (Å²) in [5, 5.41) is 6.88. The Morgan fingerprint density at radius 1 is 0.351 bits per heavy atom. The molecule has 0 spiro atoms. The van der Waals surface area contributed by atoms with Crippen LogP contribution in [0.5, 0.6) is 0 Å². The number of rotatable bonds is 5. The van der Waals surface area contributed by atoms with Gasteiger partial charge in [0.1, 0.15) is 11.2 Å². The molecule has 4 heterocycles. The highest BCUT2D eigenvalue weighted by molar-refractivity contribution is 6.27. The van der Waals surface area contributed by atoms with Crippen LogP contribution in [0.3, 0.4) is 0 Å². The van der Waals surface area contributed by atoms with Crippen LogP contribution >= 0.6 is 0 Å². The first-order chi connectivity index (χ1) is 28.3.